The van der Waals surface area contributed by atoms with Crippen LogP contribution in [0.2, 0.25) is 6.04 Å². The lowest BCUT2D eigenvalue weighted by atomic mass is 10.1. The van der Waals surface area contributed by atoms with Gasteiger partial charge in [0.2, 0.25) is 0 Å². The molecule has 0 fully saturated rings. The molecule has 0 aliphatic rings. The first-order valence-corrected chi connectivity index (χ1v) is 13.2. The van der Waals surface area contributed by atoms with E-state index in [0.29, 0.717) is 6.17 Å². The molecule has 0 saturated carbocycles. The molecule has 25 heavy (non-hydrogen) atoms. The van der Waals surface area contributed by atoms with Crippen molar-refractivity contribution in [3.05, 3.63) is 12.3 Å². The van der Waals surface area contributed by atoms with Gasteiger partial charge in [0.25, 0.3) is 0 Å². The predicted molar refractivity (Wildman–Crippen MR) is 119 cm³/mol. The average molecular weight is 369 g/mol. The second-order valence-electron chi connectivity index (χ2n) is 7.54. The van der Waals surface area contributed by atoms with Crippen LogP contribution in [0.4, 0.5) is 0 Å². The van der Waals surface area contributed by atoms with E-state index in [0.717, 1.165) is 0 Å². The maximum atomic E-state index is 3.95. The third-order valence-electron chi connectivity index (χ3n) is 5.16. The summed E-state index contributed by atoms with van der Waals surface area (Å²) in [5.41, 5.74) is 2.22. The van der Waals surface area contributed by atoms with Gasteiger partial charge in [-0.25, -0.2) is 0 Å². The van der Waals surface area contributed by atoms with Gasteiger partial charge in [0.05, 0.1) is 6.17 Å². The van der Waals surface area contributed by atoms with Crippen molar-refractivity contribution >= 4 is 9.52 Å². The van der Waals surface area contributed by atoms with Crippen LogP contribution in [0.15, 0.2) is 12.3 Å². The molecule has 0 spiro atoms. The fourth-order valence-corrected chi connectivity index (χ4v) is 4.34. The molecule has 0 amide bonds. The molecule has 2 nitrogen and oxygen atoms in total. The van der Waals surface area contributed by atoms with Gasteiger partial charge in [0.15, 0.2) is 0 Å². The summed E-state index contributed by atoms with van der Waals surface area (Å²) in [5, 5.41) is 0. The summed E-state index contributed by atoms with van der Waals surface area (Å²) in [6, 6.07) is 1.44. The van der Waals surface area contributed by atoms with Gasteiger partial charge in [0, 0.05) is 9.52 Å². The summed E-state index contributed by atoms with van der Waals surface area (Å²) in [6.07, 6.45) is 14.0. The van der Waals surface area contributed by atoms with Crippen LogP contribution in [-0.4, -0.2) is 51.7 Å². The van der Waals surface area contributed by atoms with Crippen LogP contribution >= 0.6 is 0 Å². The molecular weight excluding hydrogens is 320 g/mol. The van der Waals surface area contributed by atoms with Gasteiger partial charge < -0.3 is 0 Å². The Morgan fingerprint density at radius 3 is 1.44 bits per heavy atom. The Kier molecular flexibility index (Phi) is 18.6. The quantitative estimate of drug-likeness (QED) is 0.166. The molecule has 0 aromatic rings. The Morgan fingerprint density at radius 2 is 1.12 bits per heavy atom. The second kappa shape index (κ2) is 18.7. The lowest BCUT2D eigenvalue weighted by Crippen LogP contribution is -2.50. The van der Waals surface area contributed by atoms with E-state index >= 15 is 0 Å². The molecule has 0 unspecified atom stereocenters. The second-order valence-corrected chi connectivity index (χ2v) is 9.40. The first-order valence-electron chi connectivity index (χ1n) is 11.3. The van der Waals surface area contributed by atoms with Gasteiger partial charge in [-0.05, 0) is 58.3 Å². The van der Waals surface area contributed by atoms with Gasteiger partial charge in [-0.15, -0.1) is 12.3 Å². The van der Waals surface area contributed by atoms with E-state index in [1.165, 1.54) is 96.4 Å². The molecule has 0 atom stereocenters. The molecule has 0 aromatic heterocycles. The first-order chi connectivity index (χ1) is 12.2. The van der Waals surface area contributed by atoms with Crippen molar-refractivity contribution in [3.63, 3.8) is 0 Å². The highest BCUT2D eigenvalue weighted by Gasteiger charge is 2.23. The number of rotatable bonds is 19. The van der Waals surface area contributed by atoms with Gasteiger partial charge in [0.1, 0.15) is 0 Å². The zero-order valence-electron chi connectivity index (χ0n) is 18.1. The maximum Gasteiger partial charge on any atom is 0.0622 e. The number of unbranched alkanes of at least 4 members (excludes halogenated alkanes) is 4. The minimum Gasteiger partial charge on any atom is -0.288 e. The van der Waals surface area contributed by atoms with E-state index in [9.17, 15) is 0 Å². The molecule has 0 aromatic carbocycles. The molecule has 0 heterocycles. The molecule has 0 aliphatic heterocycles. The van der Waals surface area contributed by atoms with Crippen LogP contribution in [0, 0.1) is 0 Å². The summed E-state index contributed by atoms with van der Waals surface area (Å²) in [7, 11) is -0.00711. The van der Waals surface area contributed by atoms with E-state index in [-0.39, 0.29) is 9.52 Å². The Balaban J connectivity index is 5.04. The normalized spacial score (nSPS) is 12.3. The van der Waals surface area contributed by atoms with Gasteiger partial charge >= 0.3 is 0 Å². The van der Waals surface area contributed by atoms with E-state index < -0.39 is 0 Å². The number of hydrogen-bond acceptors (Lipinski definition) is 2. The predicted octanol–water partition coefficient (Wildman–Crippen LogP) is 5.63. The Morgan fingerprint density at radius 1 is 0.720 bits per heavy atom. The van der Waals surface area contributed by atoms with E-state index in [2.05, 4.69) is 49.8 Å². The summed E-state index contributed by atoms with van der Waals surface area (Å²) in [5.74, 6) is 0. The molecule has 0 aliphatic carbocycles. The average Bonchev–Trinajstić information content (AvgIpc) is 2.63. The van der Waals surface area contributed by atoms with Crippen molar-refractivity contribution in [1.29, 1.82) is 0 Å². The first kappa shape index (κ1) is 24.9. The molecule has 0 radical (unpaired) electrons. The Labute approximate surface area is 162 Å². The monoisotopic (exact) mass is 368 g/mol. The standard InChI is InChI=1S/C22H48N2Si/c1-6-11-17-23(18-12-7-2)22(16-15-21-25-10-5)24(19-13-8-3)20-14-9-4/h10,22H,5-9,11-21,25H2,1-4H3. The molecule has 0 saturated heterocycles. The Bertz CT molecular complexity index is 247. The minimum absolute atomic E-state index is 0.00711. The van der Waals surface area contributed by atoms with E-state index in [4.69, 9.17) is 0 Å². The SMILES string of the molecule is C=C[SiH2]CCCC(N(CCCC)CCCC)N(CCCC)CCCC. The van der Waals surface area contributed by atoms with Crippen LogP contribution < -0.4 is 0 Å². The molecular formula is C22H48N2Si. The summed E-state index contributed by atoms with van der Waals surface area (Å²) in [6.45, 7) is 18.4. The fraction of sp³-hybridized carbons (Fsp3) is 0.909. The van der Waals surface area contributed by atoms with Gasteiger partial charge in [-0.2, -0.15) is 0 Å². The van der Waals surface area contributed by atoms with Gasteiger partial charge in [-0.3, -0.25) is 9.80 Å². The lowest BCUT2D eigenvalue weighted by molar-refractivity contribution is 0.0306. The van der Waals surface area contributed by atoms with Gasteiger partial charge in [-0.1, -0.05) is 65.8 Å². The van der Waals surface area contributed by atoms with E-state index in [1.54, 1.807) is 0 Å². The van der Waals surface area contributed by atoms with Crippen molar-refractivity contribution in [2.75, 3.05) is 26.2 Å². The molecule has 0 bridgehead atoms. The highest BCUT2D eigenvalue weighted by molar-refractivity contribution is 6.41. The summed E-state index contributed by atoms with van der Waals surface area (Å²) in [4.78, 5) is 5.68. The van der Waals surface area contributed by atoms with Crippen LogP contribution in [0.5, 0.6) is 0 Å². The van der Waals surface area contributed by atoms with Crippen LogP contribution in [0.25, 0.3) is 0 Å². The molecule has 150 valence electrons. The number of nitrogens with zero attached hydrogens (tertiary/aromatic N) is 2. The highest BCUT2D eigenvalue weighted by Crippen LogP contribution is 2.18. The third-order valence-corrected chi connectivity index (χ3v) is 6.48. The molecule has 3 heteroatoms. The fourth-order valence-electron chi connectivity index (χ4n) is 3.48. The lowest BCUT2D eigenvalue weighted by Gasteiger charge is -2.40. The topological polar surface area (TPSA) is 6.48 Å². The maximum absolute atomic E-state index is 3.95. The van der Waals surface area contributed by atoms with Crippen molar-refractivity contribution < 1.29 is 0 Å². The molecule has 0 rings (SSSR count). The van der Waals surface area contributed by atoms with Crippen molar-refractivity contribution in [2.24, 2.45) is 0 Å². The highest BCUT2D eigenvalue weighted by atomic mass is 28.2. The number of hydrogen-bond donors (Lipinski definition) is 0. The Hall–Kier alpha value is -0.123. The summed E-state index contributed by atoms with van der Waals surface area (Å²) >= 11 is 0. The summed E-state index contributed by atoms with van der Waals surface area (Å²) < 4.78 is 0. The van der Waals surface area contributed by atoms with Crippen LogP contribution in [0.1, 0.15) is 91.9 Å². The van der Waals surface area contributed by atoms with Crippen molar-refractivity contribution in [2.45, 2.75) is 104 Å². The van der Waals surface area contributed by atoms with Crippen LogP contribution in [0.3, 0.4) is 0 Å². The van der Waals surface area contributed by atoms with Crippen molar-refractivity contribution in [1.82, 2.24) is 9.80 Å². The zero-order valence-corrected chi connectivity index (χ0v) is 19.5. The smallest absolute Gasteiger partial charge is 0.0622 e. The third kappa shape index (κ3) is 12.8. The van der Waals surface area contributed by atoms with Crippen molar-refractivity contribution in [3.8, 4) is 0 Å². The van der Waals surface area contributed by atoms with Crippen LogP contribution in [-0.2, 0) is 0 Å². The minimum atomic E-state index is -0.00711. The largest absolute Gasteiger partial charge is 0.288 e. The van der Waals surface area contributed by atoms with E-state index in [1.807, 2.05) is 0 Å². The molecule has 0 N–H and O–H groups in total. The zero-order chi connectivity index (χ0) is 18.8.